The molecule has 0 saturated carbocycles. The highest BCUT2D eigenvalue weighted by Gasteiger charge is 2.22. The van der Waals surface area contributed by atoms with Crippen molar-refractivity contribution in [1.29, 1.82) is 0 Å². The molecular formula is C13H19N3O3S. The maximum atomic E-state index is 12.4. The maximum Gasteiger partial charge on any atom is 0.324 e. The molecule has 1 amide bonds. The summed E-state index contributed by atoms with van der Waals surface area (Å²) >= 11 is 0.998. The minimum Gasteiger partial charge on any atom is -0.337 e. The summed E-state index contributed by atoms with van der Waals surface area (Å²) in [6.45, 7) is 4.21. The van der Waals surface area contributed by atoms with Gasteiger partial charge in [-0.15, -0.1) is 0 Å². The molecule has 1 aromatic rings. The van der Waals surface area contributed by atoms with Crippen LogP contribution in [0.15, 0.2) is 11.4 Å². The van der Waals surface area contributed by atoms with Gasteiger partial charge in [-0.05, 0) is 26.3 Å². The van der Waals surface area contributed by atoms with E-state index in [0.717, 1.165) is 24.3 Å². The van der Waals surface area contributed by atoms with Gasteiger partial charge in [-0.3, -0.25) is 14.9 Å². The van der Waals surface area contributed by atoms with Crippen LogP contribution >= 0.6 is 11.3 Å². The summed E-state index contributed by atoms with van der Waals surface area (Å²) in [4.78, 5) is 24.3. The number of carbonyl (C=O) groups excluding carboxylic acids is 1. The molecule has 0 bridgehead atoms. The molecule has 7 heteroatoms. The van der Waals surface area contributed by atoms with Crippen molar-refractivity contribution in [3.8, 4) is 0 Å². The Bertz CT molecular complexity index is 483. The highest BCUT2D eigenvalue weighted by Crippen LogP contribution is 2.23. The number of hydrogen-bond acceptors (Lipinski definition) is 5. The Morgan fingerprint density at radius 3 is 2.95 bits per heavy atom. The van der Waals surface area contributed by atoms with Crippen LogP contribution in [0.4, 0.5) is 5.00 Å². The zero-order valence-electron chi connectivity index (χ0n) is 11.5. The number of likely N-dealkylation sites (N-methyl/N-ethyl adjacent to an activating group) is 1. The van der Waals surface area contributed by atoms with Crippen LogP contribution in [0.2, 0.25) is 0 Å². The second kappa shape index (κ2) is 6.81. The Hall–Kier alpha value is -1.47. The van der Waals surface area contributed by atoms with Crippen molar-refractivity contribution < 1.29 is 9.72 Å². The Morgan fingerprint density at radius 1 is 1.60 bits per heavy atom. The normalized spacial score (nSPS) is 18.8. The lowest BCUT2D eigenvalue weighted by atomic mass is 10.0. The van der Waals surface area contributed by atoms with Crippen LogP contribution in [0, 0.1) is 10.1 Å². The lowest BCUT2D eigenvalue weighted by Gasteiger charge is -2.29. The molecule has 0 radical (unpaired) electrons. The van der Waals surface area contributed by atoms with Gasteiger partial charge in [-0.25, -0.2) is 0 Å². The largest absolute Gasteiger partial charge is 0.337 e. The molecule has 1 saturated heterocycles. The molecule has 1 aromatic heterocycles. The van der Waals surface area contributed by atoms with Crippen molar-refractivity contribution in [3.63, 3.8) is 0 Å². The summed E-state index contributed by atoms with van der Waals surface area (Å²) in [6, 6.07) is 1.70. The molecule has 2 heterocycles. The molecule has 0 spiro atoms. The van der Waals surface area contributed by atoms with Crippen molar-refractivity contribution in [1.82, 2.24) is 10.2 Å². The molecular weight excluding hydrogens is 278 g/mol. The van der Waals surface area contributed by atoms with E-state index < -0.39 is 4.92 Å². The summed E-state index contributed by atoms with van der Waals surface area (Å²) in [7, 11) is 0. The van der Waals surface area contributed by atoms with Gasteiger partial charge in [0.25, 0.3) is 5.91 Å². The highest BCUT2D eigenvalue weighted by molar-refractivity contribution is 7.13. The molecule has 1 fully saturated rings. The summed E-state index contributed by atoms with van der Waals surface area (Å²) < 4.78 is 0. The number of hydrogen-bond donors (Lipinski definition) is 1. The lowest BCUT2D eigenvalue weighted by molar-refractivity contribution is -0.380. The van der Waals surface area contributed by atoms with E-state index in [1.165, 1.54) is 18.9 Å². The van der Waals surface area contributed by atoms with E-state index in [0.29, 0.717) is 24.7 Å². The van der Waals surface area contributed by atoms with Crippen LogP contribution in [-0.2, 0) is 0 Å². The molecule has 2 rings (SSSR count). The van der Waals surface area contributed by atoms with E-state index in [-0.39, 0.29) is 10.9 Å². The van der Waals surface area contributed by atoms with Gasteiger partial charge in [0.2, 0.25) is 0 Å². The monoisotopic (exact) mass is 297 g/mol. The second-order valence-corrected chi connectivity index (χ2v) is 5.81. The van der Waals surface area contributed by atoms with Crippen LogP contribution in [0.1, 0.15) is 36.5 Å². The SMILES string of the molecule is CCN(CC1CCCCN1)C(=O)c1csc([N+](=O)[O-])c1. The smallest absolute Gasteiger partial charge is 0.324 e. The van der Waals surface area contributed by atoms with E-state index in [2.05, 4.69) is 5.32 Å². The zero-order chi connectivity index (χ0) is 14.5. The standard InChI is InChI=1S/C13H19N3O3S/c1-2-15(8-11-5-3-4-6-14-11)13(17)10-7-12(16(18)19)20-9-10/h7,9,11,14H,2-6,8H2,1H3. The van der Waals surface area contributed by atoms with Crippen molar-refractivity contribution in [2.75, 3.05) is 19.6 Å². The lowest BCUT2D eigenvalue weighted by Crippen LogP contribution is -2.45. The number of amides is 1. The molecule has 1 N–H and O–H groups in total. The predicted octanol–water partition coefficient (Wildman–Crippen LogP) is 2.26. The van der Waals surface area contributed by atoms with Crippen LogP contribution in [-0.4, -0.2) is 41.4 Å². The quantitative estimate of drug-likeness (QED) is 0.668. The number of rotatable bonds is 5. The van der Waals surface area contributed by atoms with Crippen LogP contribution in [0.3, 0.4) is 0 Å². The molecule has 1 aliphatic rings. The number of carbonyl (C=O) groups is 1. The summed E-state index contributed by atoms with van der Waals surface area (Å²) in [5.41, 5.74) is 0.416. The van der Waals surface area contributed by atoms with Gasteiger partial charge in [0.1, 0.15) is 0 Å². The third kappa shape index (κ3) is 3.55. The number of nitro groups is 1. The van der Waals surface area contributed by atoms with Crippen LogP contribution < -0.4 is 5.32 Å². The third-order valence-corrected chi connectivity index (χ3v) is 4.41. The summed E-state index contributed by atoms with van der Waals surface area (Å²) in [6.07, 6.45) is 3.45. The molecule has 20 heavy (non-hydrogen) atoms. The second-order valence-electron chi connectivity index (χ2n) is 4.92. The summed E-state index contributed by atoms with van der Waals surface area (Å²) in [5.74, 6) is -0.121. The molecule has 1 unspecified atom stereocenters. The maximum absolute atomic E-state index is 12.4. The average Bonchev–Trinajstić information content (AvgIpc) is 2.95. The van der Waals surface area contributed by atoms with E-state index >= 15 is 0 Å². The van der Waals surface area contributed by atoms with Crippen LogP contribution in [0.25, 0.3) is 0 Å². The van der Waals surface area contributed by atoms with E-state index in [9.17, 15) is 14.9 Å². The van der Waals surface area contributed by atoms with Gasteiger partial charge < -0.3 is 10.2 Å². The third-order valence-electron chi connectivity index (χ3n) is 3.53. The molecule has 110 valence electrons. The Balaban J connectivity index is 2.01. The van der Waals surface area contributed by atoms with Gasteiger partial charge in [0.05, 0.1) is 10.5 Å². The Labute approximate surface area is 121 Å². The highest BCUT2D eigenvalue weighted by atomic mass is 32.1. The molecule has 1 aliphatic heterocycles. The first-order chi connectivity index (χ1) is 9.61. The minimum atomic E-state index is -0.458. The van der Waals surface area contributed by atoms with E-state index in [1.54, 1.807) is 10.3 Å². The first-order valence-corrected chi connectivity index (χ1v) is 7.75. The topological polar surface area (TPSA) is 75.5 Å². The first kappa shape index (κ1) is 14.9. The molecule has 6 nitrogen and oxygen atoms in total. The Kier molecular flexibility index (Phi) is 5.08. The minimum absolute atomic E-state index is 0.0141. The van der Waals surface area contributed by atoms with Crippen molar-refractivity contribution in [3.05, 3.63) is 27.1 Å². The average molecular weight is 297 g/mol. The van der Waals surface area contributed by atoms with E-state index in [4.69, 9.17) is 0 Å². The number of nitrogens with zero attached hydrogens (tertiary/aromatic N) is 2. The Morgan fingerprint density at radius 2 is 2.40 bits per heavy atom. The van der Waals surface area contributed by atoms with Crippen molar-refractivity contribution in [2.45, 2.75) is 32.2 Å². The van der Waals surface area contributed by atoms with Gasteiger partial charge in [0.15, 0.2) is 0 Å². The number of thiophene rings is 1. The summed E-state index contributed by atoms with van der Waals surface area (Å²) in [5, 5.41) is 15.7. The number of nitrogens with one attached hydrogen (secondary N) is 1. The fraction of sp³-hybridized carbons (Fsp3) is 0.615. The van der Waals surface area contributed by atoms with Crippen molar-refractivity contribution in [2.24, 2.45) is 0 Å². The first-order valence-electron chi connectivity index (χ1n) is 6.87. The van der Waals surface area contributed by atoms with Crippen LogP contribution in [0.5, 0.6) is 0 Å². The molecule has 0 aromatic carbocycles. The predicted molar refractivity (Wildman–Crippen MR) is 78.2 cm³/mol. The molecule has 1 atom stereocenters. The van der Waals surface area contributed by atoms with Gasteiger partial charge in [0, 0.05) is 30.6 Å². The van der Waals surface area contributed by atoms with Gasteiger partial charge in [-0.1, -0.05) is 17.8 Å². The fourth-order valence-electron chi connectivity index (χ4n) is 2.42. The van der Waals surface area contributed by atoms with Gasteiger partial charge in [-0.2, -0.15) is 0 Å². The fourth-order valence-corrected chi connectivity index (χ4v) is 3.11. The molecule has 0 aliphatic carbocycles. The number of piperidine rings is 1. The van der Waals surface area contributed by atoms with E-state index in [1.807, 2.05) is 6.92 Å². The zero-order valence-corrected chi connectivity index (χ0v) is 12.3. The van der Waals surface area contributed by atoms with Crippen molar-refractivity contribution >= 4 is 22.2 Å². The van der Waals surface area contributed by atoms with Gasteiger partial charge >= 0.3 is 5.00 Å².